The number of ether oxygens (including phenoxy) is 3. The van der Waals surface area contributed by atoms with Crippen molar-refractivity contribution in [3.8, 4) is 11.5 Å². The quantitative estimate of drug-likeness (QED) is 0.273. The zero-order valence-electron chi connectivity index (χ0n) is 16.3. The second kappa shape index (κ2) is 10.1. The molecule has 31 heavy (non-hydrogen) atoms. The number of carbonyl (C=O) groups excluding carboxylic acids is 3. The van der Waals surface area contributed by atoms with E-state index >= 15 is 0 Å². The van der Waals surface area contributed by atoms with E-state index in [2.05, 4.69) is 0 Å². The van der Waals surface area contributed by atoms with Gasteiger partial charge in [-0.05, 0) is 54.6 Å². The number of benzene rings is 3. The van der Waals surface area contributed by atoms with Crippen molar-refractivity contribution in [2.45, 2.75) is 0 Å². The number of methoxy groups -OCH3 is 1. The molecule has 0 aliphatic heterocycles. The largest absolute Gasteiger partial charge is 0.496 e. The highest BCUT2D eigenvalue weighted by Crippen LogP contribution is 2.24. The standard InChI is InChI=1S/C23H16Cl2O6/c1-29-21-5-3-2-4-17(21)23(28)30-13-20(26)14-6-9-16(10-7-14)31-22(27)15-8-11-18(24)19(25)12-15/h2-12H,13H2,1H3. The Bertz CT molecular complexity index is 1130. The minimum atomic E-state index is -0.669. The number of rotatable bonds is 7. The van der Waals surface area contributed by atoms with Crippen LogP contribution in [0.2, 0.25) is 10.0 Å². The number of esters is 2. The minimum absolute atomic E-state index is 0.224. The topological polar surface area (TPSA) is 78.9 Å². The van der Waals surface area contributed by atoms with Gasteiger partial charge in [0.05, 0.1) is 22.7 Å². The summed E-state index contributed by atoms with van der Waals surface area (Å²) in [6, 6.07) is 16.8. The van der Waals surface area contributed by atoms with Gasteiger partial charge in [-0.1, -0.05) is 35.3 Å². The predicted octanol–water partition coefficient (Wildman–Crippen LogP) is 5.26. The fraction of sp³-hybridized carbons (Fsp3) is 0.0870. The average molecular weight is 459 g/mol. The molecule has 0 bridgehead atoms. The maximum atomic E-state index is 12.3. The van der Waals surface area contributed by atoms with Crippen LogP contribution in [-0.4, -0.2) is 31.4 Å². The molecule has 3 rings (SSSR count). The lowest BCUT2D eigenvalue weighted by Gasteiger charge is -2.09. The third kappa shape index (κ3) is 5.63. The zero-order valence-corrected chi connectivity index (χ0v) is 17.8. The minimum Gasteiger partial charge on any atom is -0.496 e. The zero-order chi connectivity index (χ0) is 22.4. The van der Waals surface area contributed by atoms with E-state index in [1.165, 1.54) is 49.6 Å². The first-order chi connectivity index (χ1) is 14.9. The summed E-state index contributed by atoms with van der Waals surface area (Å²) < 4.78 is 15.4. The van der Waals surface area contributed by atoms with Crippen molar-refractivity contribution >= 4 is 40.9 Å². The van der Waals surface area contributed by atoms with Crippen molar-refractivity contribution in [2.75, 3.05) is 13.7 Å². The lowest BCUT2D eigenvalue weighted by Crippen LogP contribution is -2.15. The fourth-order valence-electron chi connectivity index (χ4n) is 2.60. The monoisotopic (exact) mass is 458 g/mol. The van der Waals surface area contributed by atoms with Crippen molar-refractivity contribution < 1.29 is 28.6 Å². The highest BCUT2D eigenvalue weighted by Gasteiger charge is 2.16. The van der Waals surface area contributed by atoms with Crippen molar-refractivity contribution in [1.82, 2.24) is 0 Å². The lowest BCUT2D eigenvalue weighted by molar-refractivity contribution is 0.0471. The van der Waals surface area contributed by atoms with Crippen LogP contribution in [0.1, 0.15) is 31.1 Å². The number of hydrogen-bond donors (Lipinski definition) is 0. The van der Waals surface area contributed by atoms with Gasteiger partial charge in [0.2, 0.25) is 0 Å². The van der Waals surface area contributed by atoms with E-state index in [-0.39, 0.29) is 21.9 Å². The molecule has 6 nitrogen and oxygen atoms in total. The van der Waals surface area contributed by atoms with Crippen molar-refractivity contribution in [3.05, 3.63) is 93.5 Å². The van der Waals surface area contributed by atoms with E-state index in [4.69, 9.17) is 37.4 Å². The summed E-state index contributed by atoms with van der Waals surface area (Å²) in [7, 11) is 1.44. The molecule has 0 aliphatic carbocycles. The lowest BCUT2D eigenvalue weighted by atomic mass is 10.1. The molecule has 0 fully saturated rings. The van der Waals surface area contributed by atoms with Gasteiger partial charge in [-0.15, -0.1) is 0 Å². The number of carbonyl (C=O) groups is 3. The van der Waals surface area contributed by atoms with Crippen LogP contribution in [0.15, 0.2) is 66.7 Å². The van der Waals surface area contributed by atoms with Crippen molar-refractivity contribution in [2.24, 2.45) is 0 Å². The van der Waals surface area contributed by atoms with Crippen LogP contribution in [-0.2, 0) is 4.74 Å². The van der Waals surface area contributed by atoms with Crippen molar-refractivity contribution in [1.29, 1.82) is 0 Å². The van der Waals surface area contributed by atoms with Gasteiger partial charge in [0.1, 0.15) is 17.1 Å². The number of para-hydroxylation sites is 1. The van der Waals surface area contributed by atoms with Gasteiger partial charge in [0.15, 0.2) is 12.4 Å². The van der Waals surface area contributed by atoms with Gasteiger partial charge in [-0.25, -0.2) is 9.59 Å². The second-order valence-corrected chi connectivity index (χ2v) is 7.06. The first kappa shape index (κ1) is 22.3. The van der Waals surface area contributed by atoms with Crippen LogP contribution in [0.3, 0.4) is 0 Å². The van der Waals surface area contributed by atoms with Gasteiger partial charge in [-0.3, -0.25) is 4.79 Å². The van der Waals surface area contributed by atoms with Gasteiger partial charge in [0, 0.05) is 5.56 Å². The first-order valence-electron chi connectivity index (χ1n) is 8.99. The van der Waals surface area contributed by atoms with Crippen LogP contribution in [0, 0.1) is 0 Å². The molecule has 0 atom stereocenters. The molecular weight excluding hydrogens is 443 g/mol. The molecule has 0 heterocycles. The molecule has 0 N–H and O–H groups in total. The number of Topliss-reactive ketones (excluding diaryl/α,β-unsaturated/α-hetero) is 1. The van der Waals surface area contributed by atoms with E-state index in [0.29, 0.717) is 16.3 Å². The summed E-state index contributed by atoms with van der Waals surface area (Å²) in [6.45, 7) is -0.445. The third-order valence-corrected chi connectivity index (χ3v) is 4.94. The van der Waals surface area contributed by atoms with E-state index in [0.717, 1.165) is 0 Å². The maximum absolute atomic E-state index is 12.3. The molecule has 0 unspecified atom stereocenters. The summed E-state index contributed by atoms with van der Waals surface area (Å²) in [6.07, 6.45) is 0. The Morgan fingerprint density at radius 3 is 2.16 bits per heavy atom. The van der Waals surface area contributed by atoms with E-state index in [1.807, 2.05) is 0 Å². The highest BCUT2D eigenvalue weighted by atomic mass is 35.5. The van der Waals surface area contributed by atoms with Crippen LogP contribution in [0.25, 0.3) is 0 Å². The van der Waals surface area contributed by atoms with Crippen molar-refractivity contribution in [3.63, 3.8) is 0 Å². The fourth-order valence-corrected chi connectivity index (χ4v) is 2.90. The van der Waals surface area contributed by atoms with Crippen LogP contribution in [0.5, 0.6) is 11.5 Å². The number of ketones is 1. The Balaban J connectivity index is 1.59. The molecule has 0 aliphatic rings. The van der Waals surface area contributed by atoms with Crippen LogP contribution >= 0.6 is 23.2 Å². The van der Waals surface area contributed by atoms with E-state index < -0.39 is 24.3 Å². The Kier molecular flexibility index (Phi) is 7.28. The summed E-state index contributed by atoms with van der Waals surface area (Å²) >= 11 is 11.7. The normalized spacial score (nSPS) is 10.3. The van der Waals surface area contributed by atoms with Gasteiger partial charge in [0.25, 0.3) is 0 Å². The summed E-state index contributed by atoms with van der Waals surface area (Å²) in [5, 5.41) is 0.562. The SMILES string of the molecule is COc1ccccc1C(=O)OCC(=O)c1ccc(OC(=O)c2ccc(Cl)c(Cl)c2)cc1. The number of halogens is 2. The predicted molar refractivity (Wildman–Crippen MR) is 115 cm³/mol. The molecule has 3 aromatic carbocycles. The first-order valence-corrected chi connectivity index (χ1v) is 9.75. The molecule has 8 heteroatoms. The highest BCUT2D eigenvalue weighted by molar-refractivity contribution is 6.42. The summed E-state index contributed by atoms with van der Waals surface area (Å²) in [5.74, 6) is -1.11. The molecule has 0 aromatic heterocycles. The van der Waals surface area contributed by atoms with Gasteiger partial charge >= 0.3 is 11.9 Å². The second-order valence-electron chi connectivity index (χ2n) is 6.24. The molecule has 0 amide bonds. The molecule has 0 radical (unpaired) electrons. The van der Waals surface area contributed by atoms with E-state index in [1.54, 1.807) is 24.3 Å². The molecule has 3 aromatic rings. The summed E-state index contributed by atoms with van der Waals surface area (Å²) in [4.78, 5) is 36.7. The number of hydrogen-bond acceptors (Lipinski definition) is 6. The molecule has 158 valence electrons. The molecule has 0 saturated carbocycles. The van der Waals surface area contributed by atoms with Gasteiger partial charge < -0.3 is 14.2 Å². The molecule has 0 saturated heterocycles. The van der Waals surface area contributed by atoms with Crippen LogP contribution < -0.4 is 9.47 Å². The molecular formula is C23H16Cl2O6. The van der Waals surface area contributed by atoms with Gasteiger partial charge in [-0.2, -0.15) is 0 Å². The Labute approximate surface area is 188 Å². The summed E-state index contributed by atoms with van der Waals surface area (Å²) in [5.41, 5.74) is 0.752. The molecule has 0 spiro atoms. The third-order valence-electron chi connectivity index (χ3n) is 4.20. The Morgan fingerprint density at radius 1 is 0.806 bits per heavy atom. The smallest absolute Gasteiger partial charge is 0.343 e. The van der Waals surface area contributed by atoms with E-state index in [9.17, 15) is 14.4 Å². The van der Waals surface area contributed by atoms with Crippen LogP contribution in [0.4, 0.5) is 0 Å². The Hall–Kier alpha value is -3.35. The average Bonchev–Trinajstić information content (AvgIpc) is 2.79. The Morgan fingerprint density at radius 2 is 1.48 bits per heavy atom. The maximum Gasteiger partial charge on any atom is 0.343 e.